The van der Waals surface area contributed by atoms with Gasteiger partial charge in [0.1, 0.15) is 5.78 Å². The van der Waals surface area contributed by atoms with E-state index in [1.54, 1.807) is 0 Å². The fourth-order valence-electron chi connectivity index (χ4n) is 1.37. The fraction of sp³-hybridized carbons (Fsp3) is 0.857. The molecule has 2 N–H and O–H groups in total. The number of rotatable bonds is 13. The molecule has 0 aliphatic heterocycles. The predicted octanol–water partition coefficient (Wildman–Crippen LogP) is 0.361. The third-order valence-electron chi connectivity index (χ3n) is 2.68. The van der Waals surface area contributed by atoms with Gasteiger partial charge in [-0.3, -0.25) is 9.59 Å². The Labute approximate surface area is 121 Å². The summed E-state index contributed by atoms with van der Waals surface area (Å²) in [7, 11) is 1.87. The van der Waals surface area contributed by atoms with E-state index in [2.05, 4.69) is 10.6 Å². The Balaban J connectivity index is 3.29. The molecule has 0 bridgehead atoms. The number of nitrogens with one attached hydrogen (secondary N) is 2. The van der Waals surface area contributed by atoms with Gasteiger partial charge in [0.05, 0.1) is 26.4 Å². The van der Waals surface area contributed by atoms with Crippen molar-refractivity contribution in [2.75, 3.05) is 46.6 Å². The number of Topliss-reactive ketones (excluding diaryl/α,β-unsaturated/α-hetero) is 1. The average molecular weight is 288 g/mol. The van der Waals surface area contributed by atoms with Crippen molar-refractivity contribution in [3.8, 4) is 0 Å². The fourth-order valence-corrected chi connectivity index (χ4v) is 1.37. The Bertz CT molecular complexity index is 270. The molecular weight excluding hydrogens is 260 g/mol. The smallest absolute Gasteiger partial charge is 0.220 e. The molecule has 0 aliphatic carbocycles. The van der Waals surface area contributed by atoms with E-state index >= 15 is 0 Å². The van der Waals surface area contributed by atoms with Gasteiger partial charge in [-0.25, -0.2) is 0 Å². The van der Waals surface area contributed by atoms with Gasteiger partial charge in [0, 0.05) is 31.8 Å². The van der Waals surface area contributed by atoms with Gasteiger partial charge < -0.3 is 20.1 Å². The third-order valence-corrected chi connectivity index (χ3v) is 2.68. The van der Waals surface area contributed by atoms with E-state index in [-0.39, 0.29) is 24.0 Å². The first-order chi connectivity index (χ1) is 9.57. The first-order valence-electron chi connectivity index (χ1n) is 7.17. The predicted molar refractivity (Wildman–Crippen MR) is 77.7 cm³/mol. The number of amides is 1. The maximum absolute atomic E-state index is 11.4. The van der Waals surface area contributed by atoms with Crippen molar-refractivity contribution in [1.29, 1.82) is 0 Å². The highest BCUT2D eigenvalue weighted by Crippen LogP contribution is 2.01. The van der Waals surface area contributed by atoms with Gasteiger partial charge in [0.25, 0.3) is 0 Å². The van der Waals surface area contributed by atoms with Gasteiger partial charge in [0.15, 0.2) is 0 Å². The van der Waals surface area contributed by atoms with E-state index in [1.165, 1.54) is 0 Å². The number of hydrogen-bond acceptors (Lipinski definition) is 5. The molecule has 0 aromatic carbocycles. The van der Waals surface area contributed by atoms with Gasteiger partial charge in [-0.2, -0.15) is 0 Å². The molecule has 118 valence electrons. The molecule has 6 heteroatoms. The van der Waals surface area contributed by atoms with Crippen LogP contribution in [0.1, 0.15) is 26.7 Å². The molecule has 0 saturated carbocycles. The topological polar surface area (TPSA) is 76.7 Å². The van der Waals surface area contributed by atoms with E-state index in [0.29, 0.717) is 39.4 Å². The quantitative estimate of drug-likeness (QED) is 0.479. The van der Waals surface area contributed by atoms with Crippen LogP contribution in [0.2, 0.25) is 0 Å². The highest BCUT2D eigenvalue weighted by atomic mass is 16.5. The van der Waals surface area contributed by atoms with Crippen molar-refractivity contribution in [3.05, 3.63) is 0 Å². The number of carbonyl (C=O) groups is 2. The van der Waals surface area contributed by atoms with Crippen LogP contribution in [0.3, 0.4) is 0 Å². The lowest BCUT2D eigenvalue weighted by Gasteiger charge is -2.07. The van der Waals surface area contributed by atoms with E-state index < -0.39 is 0 Å². The molecule has 0 aromatic heterocycles. The minimum atomic E-state index is -0.104. The van der Waals surface area contributed by atoms with Crippen LogP contribution in [0.4, 0.5) is 0 Å². The first-order valence-corrected chi connectivity index (χ1v) is 7.17. The van der Waals surface area contributed by atoms with Crippen molar-refractivity contribution in [3.63, 3.8) is 0 Å². The van der Waals surface area contributed by atoms with Crippen molar-refractivity contribution in [2.45, 2.75) is 26.7 Å². The SMILES string of the molecule is CNCCOCCOCCNC(=O)CCC(=O)C(C)C. The van der Waals surface area contributed by atoms with Gasteiger partial charge in [0.2, 0.25) is 5.91 Å². The Morgan fingerprint density at radius 2 is 1.55 bits per heavy atom. The molecule has 6 nitrogen and oxygen atoms in total. The second-order valence-corrected chi connectivity index (χ2v) is 4.80. The summed E-state index contributed by atoms with van der Waals surface area (Å²) in [4.78, 5) is 22.8. The Kier molecular flexibility index (Phi) is 12.4. The summed E-state index contributed by atoms with van der Waals surface area (Å²) in [6, 6.07) is 0. The van der Waals surface area contributed by atoms with Crippen molar-refractivity contribution in [2.24, 2.45) is 5.92 Å². The summed E-state index contributed by atoms with van der Waals surface area (Å²) in [5.41, 5.74) is 0. The molecule has 0 fully saturated rings. The summed E-state index contributed by atoms with van der Waals surface area (Å²) >= 11 is 0. The maximum Gasteiger partial charge on any atom is 0.220 e. The van der Waals surface area contributed by atoms with Crippen LogP contribution in [0.15, 0.2) is 0 Å². The van der Waals surface area contributed by atoms with E-state index in [4.69, 9.17) is 9.47 Å². The second-order valence-electron chi connectivity index (χ2n) is 4.80. The first kappa shape index (κ1) is 19.0. The summed E-state index contributed by atoms with van der Waals surface area (Å²) in [5, 5.41) is 5.70. The van der Waals surface area contributed by atoms with Crippen molar-refractivity contribution < 1.29 is 19.1 Å². The van der Waals surface area contributed by atoms with Crippen LogP contribution < -0.4 is 10.6 Å². The normalized spacial score (nSPS) is 10.8. The zero-order chi connectivity index (χ0) is 15.2. The summed E-state index contributed by atoms with van der Waals surface area (Å²) in [6.45, 7) is 7.17. The van der Waals surface area contributed by atoms with Gasteiger partial charge in [-0.15, -0.1) is 0 Å². The third kappa shape index (κ3) is 12.1. The molecular formula is C14H28N2O4. The van der Waals surface area contributed by atoms with E-state index in [9.17, 15) is 9.59 Å². The van der Waals surface area contributed by atoms with Crippen LogP contribution >= 0.6 is 0 Å². The Hall–Kier alpha value is -0.980. The number of ketones is 1. The molecule has 20 heavy (non-hydrogen) atoms. The van der Waals surface area contributed by atoms with Crippen LogP contribution in [-0.4, -0.2) is 58.3 Å². The molecule has 0 radical (unpaired) electrons. The minimum Gasteiger partial charge on any atom is -0.378 e. The molecule has 0 spiro atoms. The summed E-state index contributed by atoms with van der Waals surface area (Å²) < 4.78 is 10.6. The van der Waals surface area contributed by atoms with Crippen LogP contribution in [0.25, 0.3) is 0 Å². The standard InChI is InChI=1S/C14H28N2O4/c1-12(2)13(17)4-5-14(18)16-7-9-20-11-10-19-8-6-15-3/h12,15H,4-11H2,1-3H3,(H,16,18). The number of hydrogen-bond donors (Lipinski definition) is 2. The van der Waals surface area contributed by atoms with E-state index in [1.807, 2.05) is 20.9 Å². The zero-order valence-electron chi connectivity index (χ0n) is 12.9. The molecule has 1 amide bonds. The van der Waals surface area contributed by atoms with Crippen molar-refractivity contribution in [1.82, 2.24) is 10.6 Å². The summed E-state index contributed by atoms with van der Waals surface area (Å²) in [5.74, 6) is 0.0111. The molecule has 0 heterocycles. The molecule has 0 aromatic rings. The molecule has 0 rings (SSSR count). The van der Waals surface area contributed by atoms with Gasteiger partial charge >= 0.3 is 0 Å². The molecule has 0 atom stereocenters. The van der Waals surface area contributed by atoms with Crippen molar-refractivity contribution >= 4 is 11.7 Å². The number of ether oxygens (including phenoxy) is 2. The minimum absolute atomic E-state index is 0.00552. The monoisotopic (exact) mass is 288 g/mol. The second kappa shape index (κ2) is 13.0. The van der Waals surface area contributed by atoms with Crippen LogP contribution in [-0.2, 0) is 19.1 Å². The lowest BCUT2D eigenvalue weighted by atomic mass is 10.0. The van der Waals surface area contributed by atoms with E-state index in [0.717, 1.165) is 6.54 Å². The lowest BCUT2D eigenvalue weighted by molar-refractivity contribution is -0.126. The largest absolute Gasteiger partial charge is 0.378 e. The van der Waals surface area contributed by atoms with Gasteiger partial charge in [-0.1, -0.05) is 13.8 Å². The molecule has 0 unspecified atom stereocenters. The number of carbonyl (C=O) groups excluding carboxylic acids is 2. The average Bonchev–Trinajstić information content (AvgIpc) is 2.42. The Morgan fingerprint density at radius 1 is 0.950 bits per heavy atom. The Morgan fingerprint density at radius 3 is 2.10 bits per heavy atom. The zero-order valence-corrected chi connectivity index (χ0v) is 12.9. The van der Waals surface area contributed by atoms with Crippen LogP contribution in [0.5, 0.6) is 0 Å². The molecule has 0 saturated heterocycles. The lowest BCUT2D eigenvalue weighted by Crippen LogP contribution is -2.28. The highest BCUT2D eigenvalue weighted by Gasteiger charge is 2.09. The highest BCUT2D eigenvalue weighted by molar-refractivity contribution is 5.85. The summed E-state index contributed by atoms with van der Waals surface area (Å²) in [6.07, 6.45) is 0.563. The number of likely N-dealkylation sites (N-methyl/N-ethyl adjacent to an activating group) is 1. The maximum atomic E-state index is 11.4. The van der Waals surface area contributed by atoms with Crippen LogP contribution in [0, 0.1) is 5.92 Å². The van der Waals surface area contributed by atoms with Gasteiger partial charge in [-0.05, 0) is 7.05 Å². The molecule has 0 aliphatic rings.